The largest absolute Gasteiger partial charge is 0.350 e. The van der Waals surface area contributed by atoms with Gasteiger partial charge in [0.1, 0.15) is 5.82 Å². The second-order valence-electron chi connectivity index (χ2n) is 4.40. The van der Waals surface area contributed by atoms with Crippen LogP contribution in [-0.2, 0) is 11.2 Å². The number of rotatable bonds is 5. The van der Waals surface area contributed by atoms with Crippen LogP contribution in [0.15, 0.2) is 24.3 Å². The highest BCUT2D eigenvalue weighted by Gasteiger charge is 2.22. The Bertz CT molecular complexity index is 391. The molecule has 0 aliphatic heterocycles. The monoisotopic (exact) mass is 301 g/mol. The minimum Gasteiger partial charge on any atom is -0.350 e. The Balaban J connectivity index is 2.61. The fraction of sp³-hybridized carbons (Fsp3) is 0.462. The minimum absolute atomic E-state index is 0.0839. The molecule has 1 aromatic rings. The molecular weight excluding hydrogens is 285 g/mol. The SMILES string of the molecule is CCC(C)(CBr)NC(=O)Cc1cccc(F)c1. The first-order valence-corrected chi connectivity index (χ1v) is 6.72. The summed E-state index contributed by atoms with van der Waals surface area (Å²) in [4.78, 5) is 11.8. The van der Waals surface area contributed by atoms with Gasteiger partial charge >= 0.3 is 0 Å². The zero-order valence-corrected chi connectivity index (χ0v) is 11.7. The molecule has 0 aliphatic rings. The molecule has 0 radical (unpaired) electrons. The summed E-state index contributed by atoms with van der Waals surface area (Å²) in [5.41, 5.74) is 0.445. The standard InChI is InChI=1S/C13H17BrFNO/c1-3-13(2,9-14)16-12(17)8-10-5-4-6-11(15)7-10/h4-7H,3,8-9H2,1-2H3,(H,16,17). The van der Waals surface area contributed by atoms with Crippen molar-refractivity contribution in [1.82, 2.24) is 5.32 Å². The maximum absolute atomic E-state index is 12.9. The zero-order chi connectivity index (χ0) is 12.9. The van der Waals surface area contributed by atoms with Crippen molar-refractivity contribution < 1.29 is 9.18 Å². The summed E-state index contributed by atoms with van der Waals surface area (Å²) in [7, 11) is 0. The van der Waals surface area contributed by atoms with Gasteiger partial charge in [-0.3, -0.25) is 4.79 Å². The van der Waals surface area contributed by atoms with E-state index < -0.39 is 0 Å². The van der Waals surface area contributed by atoms with Crippen LogP contribution >= 0.6 is 15.9 Å². The topological polar surface area (TPSA) is 29.1 Å². The molecule has 0 aromatic heterocycles. The predicted molar refractivity (Wildman–Crippen MR) is 70.7 cm³/mol. The number of halogens is 2. The third-order valence-electron chi connectivity index (χ3n) is 2.77. The highest BCUT2D eigenvalue weighted by Crippen LogP contribution is 2.13. The van der Waals surface area contributed by atoms with Gasteiger partial charge in [-0.2, -0.15) is 0 Å². The van der Waals surface area contributed by atoms with Gasteiger partial charge in [0.2, 0.25) is 5.91 Å². The van der Waals surface area contributed by atoms with Gasteiger partial charge in [0, 0.05) is 10.9 Å². The quantitative estimate of drug-likeness (QED) is 0.832. The van der Waals surface area contributed by atoms with Crippen LogP contribution in [0.5, 0.6) is 0 Å². The van der Waals surface area contributed by atoms with E-state index in [1.807, 2.05) is 13.8 Å². The lowest BCUT2D eigenvalue weighted by molar-refractivity contribution is -0.122. The van der Waals surface area contributed by atoms with Gasteiger partial charge in [-0.05, 0) is 31.0 Å². The van der Waals surface area contributed by atoms with Crippen molar-refractivity contribution in [2.45, 2.75) is 32.2 Å². The maximum atomic E-state index is 12.9. The average molecular weight is 302 g/mol. The van der Waals surface area contributed by atoms with E-state index in [0.29, 0.717) is 10.9 Å². The van der Waals surface area contributed by atoms with Gasteiger partial charge in [-0.15, -0.1) is 0 Å². The van der Waals surface area contributed by atoms with E-state index in [9.17, 15) is 9.18 Å². The molecule has 0 fully saturated rings. The summed E-state index contributed by atoms with van der Waals surface area (Å²) in [5, 5.41) is 3.65. The number of amides is 1. The van der Waals surface area contributed by atoms with Crippen molar-refractivity contribution in [3.8, 4) is 0 Å². The molecule has 0 aliphatic carbocycles. The minimum atomic E-state index is -0.311. The molecule has 1 rings (SSSR count). The Kier molecular flexibility index (Phi) is 5.12. The van der Waals surface area contributed by atoms with Crippen LogP contribution in [0, 0.1) is 5.82 Å². The Labute approximate surface area is 110 Å². The second-order valence-corrected chi connectivity index (χ2v) is 4.96. The van der Waals surface area contributed by atoms with Gasteiger partial charge in [-0.25, -0.2) is 4.39 Å². The van der Waals surface area contributed by atoms with Crippen LogP contribution in [0.3, 0.4) is 0 Å². The first-order chi connectivity index (χ1) is 7.99. The fourth-order valence-corrected chi connectivity index (χ4v) is 1.97. The first kappa shape index (κ1) is 14.2. The smallest absolute Gasteiger partial charge is 0.224 e. The predicted octanol–water partition coefficient (Wildman–Crippen LogP) is 3.05. The number of carbonyl (C=O) groups excluding carboxylic acids is 1. The molecule has 0 spiro atoms. The van der Waals surface area contributed by atoms with Gasteiger partial charge in [0.25, 0.3) is 0 Å². The fourth-order valence-electron chi connectivity index (χ4n) is 1.43. The average Bonchev–Trinajstić information content (AvgIpc) is 2.28. The summed E-state index contributed by atoms with van der Waals surface area (Å²) in [5.74, 6) is -0.395. The van der Waals surface area contributed by atoms with Gasteiger partial charge in [0.15, 0.2) is 0 Å². The number of nitrogens with one attached hydrogen (secondary N) is 1. The van der Waals surface area contributed by atoms with Crippen LogP contribution in [-0.4, -0.2) is 16.8 Å². The summed E-state index contributed by atoms with van der Waals surface area (Å²) < 4.78 is 12.9. The number of hydrogen-bond acceptors (Lipinski definition) is 1. The van der Waals surface area contributed by atoms with Crippen molar-refractivity contribution in [2.24, 2.45) is 0 Å². The number of carbonyl (C=O) groups is 1. The second kappa shape index (κ2) is 6.15. The molecule has 94 valence electrons. The van der Waals surface area contributed by atoms with E-state index in [0.717, 1.165) is 6.42 Å². The van der Waals surface area contributed by atoms with Crippen LogP contribution in [0.25, 0.3) is 0 Å². The number of hydrogen-bond donors (Lipinski definition) is 1. The number of benzene rings is 1. The van der Waals surface area contributed by atoms with Crippen molar-refractivity contribution >= 4 is 21.8 Å². The molecule has 1 atom stereocenters. The Morgan fingerprint density at radius 3 is 2.76 bits per heavy atom. The maximum Gasteiger partial charge on any atom is 0.224 e. The van der Waals surface area contributed by atoms with Gasteiger partial charge < -0.3 is 5.32 Å². The molecule has 1 N–H and O–H groups in total. The highest BCUT2D eigenvalue weighted by atomic mass is 79.9. The van der Waals surface area contributed by atoms with E-state index in [2.05, 4.69) is 21.2 Å². The molecule has 17 heavy (non-hydrogen) atoms. The van der Waals surface area contributed by atoms with E-state index >= 15 is 0 Å². The van der Waals surface area contributed by atoms with Crippen molar-refractivity contribution in [1.29, 1.82) is 0 Å². The van der Waals surface area contributed by atoms with Crippen LogP contribution < -0.4 is 5.32 Å². The summed E-state index contributed by atoms with van der Waals surface area (Å²) >= 11 is 3.38. The molecule has 0 bridgehead atoms. The van der Waals surface area contributed by atoms with Crippen LogP contribution in [0.4, 0.5) is 4.39 Å². The van der Waals surface area contributed by atoms with Crippen molar-refractivity contribution in [3.05, 3.63) is 35.6 Å². The highest BCUT2D eigenvalue weighted by molar-refractivity contribution is 9.09. The molecule has 0 heterocycles. The summed E-state index contributed by atoms with van der Waals surface area (Å²) in [6.45, 7) is 3.99. The van der Waals surface area contributed by atoms with Gasteiger partial charge in [0.05, 0.1) is 6.42 Å². The third kappa shape index (κ3) is 4.46. The molecule has 1 unspecified atom stereocenters. The molecule has 2 nitrogen and oxygen atoms in total. The zero-order valence-electron chi connectivity index (χ0n) is 10.1. The lowest BCUT2D eigenvalue weighted by atomic mass is 10.0. The summed E-state index contributed by atoms with van der Waals surface area (Å²) in [6, 6.07) is 6.12. The van der Waals surface area contributed by atoms with Crippen molar-refractivity contribution in [2.75, 3.05) is 5.33 Å². The third-order valence-corrected chi connectivity index (χ3v) is 4.01. The lowest BCUT2D eigenvalue weighted by Gasteiger charge is -2.27. The Hall–Kier alpha value is -0.900. The molecule has 4 heteroatoms. The molecule has 1 aromatic carbocycles. The van der Waals surface area contributed by atoms with Crippen LogP contribution in [0.2, 0.25) is 0 Å². The molecular formula is C13H17BrFNO. The molecule has 0 saturated heterocycles. The van der Waals surface area contributed by atoms with Crippen molar-refractivity contribution in [3.63, 3.8) is 0 Å². The number of alkyl halides is 1. The molecule has 0 saturated carbocycles. The summed E-state index contributed by atoms with van der Waals surface area (Å²) in [6.07, 6.45) is 1.05. The lowest BCUT2D eigenvalue weighted by Crippen LogP contribution is -2.47. The Morgan fingerprint density at radius 1 is 1.53 bits per heavy atom. The van der Waals surface area contributed by atoms with E-state index in [1.165, 1.54) is 12.1 Å². The van der Waals surface area contributed by atoms with Crippen LogP contribution in [0.1, 0.15) is 25.8 Å². The molecule has 1 amide bonds. The normalized spacial score (nSPS) is 14.1. The Morgan fingerprint density at radius 2 is 2.24 bits per heavy atom. The van der Waals surface area contributed by atoms with E-state index in [-0.39, 0.29) is 23.7 Å². The van der Waals surface area contributed by atoms with E-state index in [4.69, 9.17) is 0 Å². The van der Waals surface area contributed by atoms with E-state index in [1.54, 1.807) is 12.1 Å². The van der Waals surface area contributed by atoms with Gasteiger partial charge in [-0.1, -0.05) is 35.0 Å². The first-order valence-electron chi connectivity index (χ1n) is 5.60.